The molecule has 0 atom stereocenters. The highest BCUT2D eigenvalue weighted by atomic mass is 32.2. The number of aryl methyl sites for hydroxylation is 1. The third-order valence-corrected chi connectivity index (χ3v) is 4.25. The number of esters is 1. The Bertz CT molecular complexity index is 524. The van der Waals surface area contributed by atoms with Gasteiger partial charge in [0.15, 0.2) is 0 Å². The maximum absolute atomic E-state index is 12.2. The van der Waals surface area contributed by atoms with Crippen molar-refractivity contribution in [2.45, 2.75) is 18.2 Å². The molecule has 6 nitrogen and oxygen atoms in total. The average molecular weight is 287 g/mol. The molecule has 7 heteroatoms. The number of hydroxylamine groups is 1. The predicted molar refractivity (Wildman–Crippen MR) is 68.7 cm³/mol. The topological polar surface area (TPSA) is 72.9 Å². The molecule has 1 aromatic carbocycles. The van der Waals surface area contributed by atoms with E-state index < -0.39 is 16.0 Å². The summed E-state index contributed by atoms with van der Waals surface area (Å²) in [5.74, 6) is -0.499. The number of rotatable bonds is 6. The smallest absolute Gasteiger partial charge is 0.306 e. The third kappa shape index (κ3) is 4.02. The zero-order valence-electron chi connectivity index (χ0n) is 11.1. The zero-order chi connectivity index (χ0) is 14.5. The average Bonchev–Trinajstić information content (AvgIpc) is 2.39. The molecule has 0 amide bonds. The number of methoxy groups -OCH3 is 1. The van der Waals surface area contributed by atoms with Crippen LogP contribution in [0.25, 0.3) is 0 Å². The van der Waals surface area contributed by atoms with E-state index in [-0.39, 0.29) is 17.9 Å². The van der Waals surface area contributed by atoms with Gasteiger partial charge in [-0.2, -0.15) is 0 Å². The highest BCUT2D eigenvalue weighted by molar-refractivity contribution is 7.89. The standard InChI is InChI=1S/C12H17NO5S/c1-10-4-6-11(7-5-10)19(15,16)13(18-3)9-8-12(14)17-2/h4-7H,8-9H2,1-3H3. The van der Waals surface area contributed by atoms with Crippen LogP contribution in [-0.4, -0.2) is 39.6 Å². The molecule has 0 aliphatic rings. The maximum atomic E-state index is 12.2. The molecule has 0 radical (unpaired) electrons. The zero-order valence-corrected chi connectivity index (χ0v) is 11.9. The van der Waals surface area contributed by atoms with Gasteiger partial charge in [0, 0.05) is 0 Å². The van der Waals surface area contributed by atoms with Gasteiger partial charge >= 0.3 is 5.97 Å². The van der Waals surface area contributed by atoms with Crippen molar-refractivity contribution in [3.05, 3.63) is 29.8 Å². The largest absolute Gasteiger partial charge is 0.469 e. The first-order valence-corrected chi connectivity index (χ1v) is 7.06. The molecule has 0 aliphatic carbocycles. The van der Waals surface area contributed by atoms with E-state index in [1.54, 1.807) is 12.1 Å². The fourth-order valence-corrected chi connectivity index (χ4v) is 2.67. The molecule has 0 aliphatic heterocycles. The number of sulfonamides is 1. The molecule has 0 saturated carbocycles. The Morgan fingerprint density at radius 2 is 1.79 bits per heavy atom. The van der Waals surface area contributed by atoms with Crippen LogP contribution in [0.1, 0.15) is 12.0 Å². The first-order chi connectivity index (χ1) is 8.91. The van der Waals surface area contributed by atoms with Crippen molar-refractivity contribution >= 4 is 16.0 Å². The molecule has 1 rings (SSSR count). The SMILES string of the molecule is COC(=O)CCN(OC)S(=O)(=O)c1ccc(C)cc1. The van der Waals surface area contributed by atoms with E-state index in [1.807, 2.05) is 6.92 Å². The molecule has 0 N–H and O–H groups in total. The van der Waals surface area contributed by atoms with Crippen LogP contribution in [0.3, 0.4) is 0 Å². The van der Waals surface area contributed by atoms with Crippen LogP contribution < -0.4 is 0 Å². The van der Waals surface area contributed by atoms with Gasteiger partial charge in [0.1, 0.15) is 0 Å². The summed E-state index contributed by atoms with van der Waals surface area (Å²) in [5, 5.41) is 0. The van der Waals surface area contributed by atoms with Crippen LogP contribution in [0.4, 0.5) is 0 Å². The van der Waals surface area contributed by atoms with Crippen molar-refractivity contribution in [1.82, 2.24) is 4.47 Å². The predicted octanol–water partition coefficient (Wildman–Crippen LogP) is 1.11. The lowest BCUT2D eigenvalue weighted by molar-refractivity contribution is -0.142. The summed E-state index contributed by atoms with van der Waals surface area (Å²) < 4.78 is 29.7. The second-order valence-corrected chi connectivity index (χ2v) is 5.68. The van der Waals surface area contributed by atoms with E-state index in [1.165, 1.54) is 26.4 Å². The lowest BCUT2D eigenvalue weighted by atomic mass is 10.2. The summed E-state index contributed by atoms with van der Waals surface area (Å²) in [5.41, 5.74) is 0.956. The Labute approximate surface area is 112 Å². The number of ether oxygens (including phenoxy) is 1. The number of benzene rings is 1. The van der Waals surface area contributed by atoms with E-state index in [4.69, 9.17) is 4.84 Å². The van der Waals surface area contributed by atoms with Crippen molar-refractivity contribution in [2.75, 3.05) is 20.8 Å². The number of carbonyl (C=O) groups excluding carboxylic acids is 1. The van der Waals surface area contributed by atoms with Gasteiger partial charge in [-0.1, -0.05) is 22.2 Å². The van der Waals surface area contributed by atoms with E-state index in [9.17, 15) is 13.2 Å². The van der Waals surface area contributed by atoms with Gasteiger partial charge in [-0.3, -0.25) is 9.63 Å². The Morgan fingerprint density at radius 1 is 1.21 bits per heavy atom. The van der Waals surface area contributed by atoms with Crippen molar-refractivity contribution in [3.63, 3.8) is 0 Å². The van der Waals surface area contributed by atoms with Crippen molar-refractivity contribution in [2.24, 2.45) is 0 Å². The number of hydrogen-bond acceptors (Lipinski definition) is 5. The van der Waals surface area contributed by atoms with Crippen molar-refractivity contribution in [1.29, 1.82) is 0 Å². The molecule has 0 heterocycles. The molecule has 0 fully saturated rings. The summed E-state index contributed by atoms with van der Waals surface area (Å²) in [6, 6.07) is 6.38. The second-order valence-electron chi connectivity index (χ2n) is 3.85. The quantitative estimate of drug-likeness (QED) is 0.579. The lowest BCUT2D eigenvalue weighted by Gasteiger charge is -2.18. The molecule has 0 unspecified atom stereocenters. The minimum absolute atomic E-state index is 0.0740. The third-order valence-electron chi connectivity index (χ3n) is 2.52. The first-order valence-electron chi connectivity index (χ1n) is 5.62. The number of nitrogens with zero attached hydrogens (tertiary/aromatic N) is 1. The van der Waals surface area contributed by atoms with Crippen LogP contribution in [0, 0.1) is 6.92 Å². The fraction of sp³-hybridized carbons (Fsp3) is 0.417. The Morgan fingerprint density at radius 3 is 2.26 bits per heavy atom. The Balaban J connectivity index is 2.89. The maximum Gasteiger partial charge on any atom is 0.306 e. The summed E-state index contributed by atoms with van der Waals surface area (Å²) in [7, 11) is -1.29. The Hall–Kier alpha value is -1.44. The molecule has 0 bridgehead atoms. The number of hydrogen-bond donors (Lipinski definition) is 0. The molecule has 0 spiro atoms. The highest BCUT2D eigenvalue weighted by Gasteiger charge is 2.25. The van der Waals surface area contributed by atoms with Gasteiger partial charge in [0.2, 0.25) is 0 Å². The molecule has 1 aromatic rings. The van der Waals surface area contributed by atoms with E-state index >= 15 is 0 Å². The van der Waals surface area contributed by atoms with Crippen LogP contribution in [0.2, 0.25) is 0 Å². The molecular weight excluding hydrogens is 270 g/mol. The van der Waals surface area contributed by atoms with Gasteiger partial charge in [0.05, 0.1) is 32.1 Å². The lowest BCUT2D eigenvalue weighted by Crippen LogP contribution is -2.32. The van der Waals surface area contributed by atoms with Crippen molar-refractivity contribution < 1.29 is 22.8 Å². The van der Waals surface area contributed by atoms with Crippen LogP contribution >= 0.6 is 0 Å². The molecular formula is C12H17NO5S. The van der Waals surface area contributed by atoms with Crippen LogP contribution in [0.15, 0.2) is 29.2 Å². The van der Waals surface area contributed by atoms with Gasteiger partial charge < -0.3 is 4.74 Å². The van der Waals surface area contributed by atoms with Crippen LogP contribution in [-0.2, 0) is 24.4 Å². The van der Waals surface area contributed by atoms with Gasteiger partial charge in [-0.25, -0.2) is 8.42 Å². The normalized spacial score (nSPS) is 11.6. The molecule has 0 aromatic heterocycles. The van der Waals surface area contributed by atoms with E-state index in [0.29, 0.717) is 0 Å². The summed E-state index contributed by atoms with van der Waals surface area (Å²) in [4.78, 5) is 16.0. The highest BCUT2D eigenvalue weighted by Crippen LogP contribution is 2.16. The number of carbonyl (C=O) groups is 1. The molecule has 106 valence electrons. The first kappa shape index (κ1) is 15.6. The minimum atomic E-state index is -3.77. The van der Waals surface area contributed by atoms with Gasteiger partial charge in [-0.05, 0) is 19.1 Å². The van der Waals surface area contributed by atoms with E-state index in [0.717, 1.165) is 10.0 Å². The Kier molecular flexibility index (Phi) is 5.46. The summed E-state index contributed by atoms with van der Waals surface area (Å²) >= 11 is 0. The van der Waals surface area contributed by atoms with Crippen molar-refractivity contribution in [3.8, 4) is 0 Å². The summed E-state index contributed by atoms with van der Waals surface area (Å²) in [6.45, 7) is 1.77. The second kappa shape index (κ2) is 6.65. The minimum Gasteiger partial charge on any atom is -0.469 e. The summed E-state index contributed by atoms with van der Waals surface area (Å²) in [6.07, 6.45) is -0.0740. The van der Waals surface area contributed by atoms with Crippen LogP contribution in [0.5, 0.6) is 0 Å². The fourth-order valence-electron chi connectivity index (χ4n) is 1.42. The molecule has 19 heavy (non-hydrogen) atoms. The van der Waals surface area contributed by atoms with Gasteiger partial charge in [-0.15, -0.1) is 0 Å². The monoisotopic (exact) mass is 287 g/mol. The molecule has 0 saturated heterocycles. The van der Waals surface area contributed by atoms with Gasteiger partial charge in [0.25, 0.3) is 10.0 Å². The van der Waals surface area contributed by atoms with E-state index in [2.05, 4.69) is 4.74 Å².